The van der Waals surface area contributed by atoms with E-state index in [-0.39, 0.29) is 76.8 Å². The van der Waals surface area contributed by atoms with Crippen LogP contribution < -0.4 is 0 Å². The van der Waals surface area contributed by atoms with E-state index >= 15 is 0 Å². The van der Waals surface area contributed by atoms with Crippen LogP contribution in [0.4, 0.5) is 0 Å². The molecule has 0 atom stereocenters. The molecule has 0 amide bonds. The van der Waals surface area contributed by atoms with Crippen LogP contribution in [0.5, 0.6) is 0 Å². The zero-order valence-corrected chi connectivity index (χ0v) is 21.5. The van der Waals surface area contributed by atoms with Crippen molar-refractivity contribution in [3.63, 3.8) is 0 Å². The van der Waals surface area contributed by atoms with Crippen molar-refractivity contribution in [2.75, 3.05) is 0 Å². The Morgan fingerprint density at radius 1 is 0.625 bits per heavy atom. The minimum atomic E-state index is 0. The van der Waals surface area contributed by atoms with Gasteiger partial charge in [-0.15, -0.1) is 24.8 Å². The fraction of sp³-hybridized carbons (Fsp3) is 0.400. The Morgan fingerprint density at radius 2 is 0.958 bits per heavy atom. The van der Waals surface area contributed by atoms with Gasteiger partial charge in [0, 0.05) is 0 Å². The van der Waals surface area contributed by atoms with Crippen LogP contribution in [0.1, 0.15) is 47.9 Å². The topological polar surface area (TPSA) is 0 Å². The first kappa shape index (κ1) is 32.1. The smallest absolute Gasteiger partial charge is 0.358 e. The summed E-state index contributed by atoms with van der Waals surface area (Å²) in [6, 6.07) is 13.4. The standard InChI is InChI=1S/2C9H11.2CH3.2ClH.H3Si.Zr/c2*1-2-5-9-7-3-6-8(9)4-1;;;;;;/h2*3,6-7H,1-2,4-5H2;2*1H3;2*1H;1H3;/q4*-1;;;;+4. The maximum Gasteiger partial charge on any atom is 4.00 e. The van der Waals surface area contributed by atoms with Crippen LogP contribution in [0.25, 0.3) is 0 Å². The van der Waals surface area contributed by atoms with Crippen molar-refractivity contribution in [2.45, 2.75) is 51.4 Å². The number of fused-ring (bicyclic) bond motifs is 2. The normalized spacial score (nSPS) is 13.0. The molecule has 0 nitrogen and oxygen atoms in total. The summed E-state index contributed by atoms with van der Waals surface area (Å²) in [6.45, 7) is 0. The van der Waals surface area contributed by atoms with Crippen molar-refractivity contribution in [2.24, 2.45) is 0 Å². The summed E-state index contributed by atoms with van der Waals surface area (Å²) in [5, 5.41) is 0. The van der Waals surface area contributed by atoms with Gasteiger partial charge in [0.15, 0.2) is 0 Å². The molecule has 0 saturated carbocycles. The van der Waals surface area contributed by atoms with Crippen molar-refractivity contribution in [1.82, 2.24) is 0 Å². The quantitative estimate of drug-likeness (QED) is 0.375. The monoisotopic (exact) mass is 461 g/mol. The van der Waals surface area contributed by atoms with Gasteiger partial charge in [-0.3, -0.25) is 0 Å². The summed E-state index contributed by atoms with van der Waals surface area (Å²) in [7, 11) is 0. The number of halogens is 2. The van der Waals surface area contributed by atoms with Crippen molar-refractivity contribution in [3.05, 3.63) is 73.5 Å². The van der Waals surface area contributed by atoms with Gasteiger partial charge in [0.2, 0.25) is 0 Å². The van der Waals surface area contributed by atoms with Gasteiger partial charge in [0.05, 0.1) is 0 Å². The van der Waals surface area contributed by atoms with Crippen LogP contribution in [0, 0.1) is 14.9 Å². The molecule has 0 aliphatic heterocycles. The van der Waals surface area contributed by atoms with Gasteiger partial charge in [-0.1, -0.05) is 51.4 Å². The summed E-state index contributed by atoms with van der Waals surface area (Å²) in [6.07, 6.45) is 10.9. The summed E-state index contributed by atoms with van der Waals surface area (Å²) >= 11 is 0. The number of hydrogen-bond acceptors (Lipinski definition) is 0. The van der Waals surface area contributed by atoms with Crippen molar-refractivity contribution >= 4 is 35.8 Å². The van der Waals surface area contributed by atoms with E-state index in [1.54, 1.807) is 22.3 Å². The van der Waals surface area contributed by atoms with Gasteiger partial charge in [0.25, 0.3) is 0 Å². The average Bonchev–Trinajstić information content (AvgIpc) is 3.08. The predicted octanol–water partition coefficient (Wildman–Crippen LogP) is 5.13. The van der Waals surface area contributed by atoms with Gasteiger partial charge in [-0.05, 0) is 11.0 Å². The molecule has 135 valence electrons. The molecule has 0 aromatic heterocycles. The third kappa shape index (κ3) is 8.65. The zero-order valence-electron chi connectivity index (χ0n) is 15.4. The molecular formula is C20H33Cl2SiZr. The Bertz CT molecular complexity index is 418. The summed E-state index contributed by atoms with van der Waals surface area (Å²) in [5.74, 6) is 0. The van der Waals surface area contributed by atoms with Gasteiger partial charge >= 0.3 is 26.2 Å². The molecule has 0 saturated heterocycles. The largest absolute Gasteiger partial charge is 4.00 e. The molecule has 0 fully saturated rings. The third-order valence-electron chi connectivity index (χ3n) is 4.30. The molecular weight excluding hydrogens is 430 g/mol. The van der Waals surface area contributed by atoms with Gasteiger partial charge in [0.1, 0.15) is 0 Å². The molecule has 1 radical (unpaired) electrons. The second-order valence-corrected chi connectivity index (χ2v) is 5.57. The molecule has 0 bridgehead atoms. The average molecular weight is 464 g/mol. The first-order valence-electron chi connectivity index (χ1n) is 7.40. The number of rotatable bonds is 0. The van der Waals surface area contributed by atoms with Crippen molar-refractivity contribution in [3.8, 4) is 0 Å². The Hall–Kier alpha value is 0.380. The molecule has 0 heterocycles. The molecule has 2 aromatic rings. The van der Waals surface area contributed by atoms with Crippen LogP contribution in [0.3, 0.4) is 0 Å². The molecule has 4 rings (SSSR count). The fourth-order valence-corrected chi connectivity index (χ4v) is 3.23. The first-order valence-corrected chi connectivity index (χ1v) is 7.40. The minimum Gasteiger partial charge on any atom is -0.358 e. The molecule has 0 unspecified atom stereocenters. The van der Waals surface area contributed by atoms with Crippen LogP contribution in [0.2, 0.25) is 0 Å². The SMILES string of the molecule is Cl.Cl.[CH3-].[CH3-].[SiH3].[Zr+4].c1cc2c([cH-]1)CCCC2.c1cc2c([cH-]1)CCCC2. The van der Waals surface area contributed by atoms with E-state index in [1.165, 1.54) is 51.4 Å². The van der Waals surface area contributed by atoms with E-state index in [9.17, 15) is 0 Å². The van der Waals surface area contributed by atoms with Gasteiger partial charge < -0.3 is 14.9 Å². The molecule has 2 aliphatic rings. The summed E-state index contributed by atoms with van der Waals surface area (Å²) in [5.41, 5.74) is 6.39. The Balaban J connectivity index is -0.000000133. The Morgan fingerprint density at radius 3 is 1.29 bits per heavy atom. The Labute approximate surface area is 185 Å². The maximum atomic E-state index is 2.26. The van der Waals surface area contributed by atoms with Crippen molar-refractivity contribution < 1.29 is 26.2 Å². The third-order valence-corrected chi connectivity index (χ3v) is 4.30. The summed E-state index contributed by atoms with van der Waals surface area (Å²) in [4.78, 5) is 0. The summed E-state index contributed by atoms with van der Waals surface area (Å²) < 4.78 is 0. The van der Waals surface area contributed by atoms with E-state index in [4.69, 9.17) is 0 Å². The van der Waals surface area contributed by atoms with Crippen LogP contribution in [-0.2, 0) is 51.9 Å². The van der Waals surface area contributed by atoms with Gasteiger partial charge in [-0.2, -0.15) is 46.5 Å². The van der Waals surface area contributed by atoms with Crippen LogP contribution in [-0.4, -0.2) is 11.0 Å². The second-order valence-electron chi connectivity index (χ2n) is 5.57. The maximum absolute atomic E-state index is 2.26. The fourth-order valence-electron chi connectivity index (χ4n) is 3.23. The van der Waals surface area contributed by atoms with Crippen LogP contribution in [0.15, 0.2) is 36.4 Å². The Kier molecular flexibility index (Phi) is 22.5. The number of aryl methyl sites for hydroxylation is 4. The predicted molar refractivity (Wildman–Crippen MR) is 115 cm³/mol. The van der Waals surface area contributed by atoms with E-state index in [0.29, 0.717) is 0 Å². The minimum absolute atomic E-state index is 0. The second kappa shape index (κ2) is 16.8. The molecule has 2 aliphatic carbocycles. The van der Waals surface area contributed by atoms with E-state index in [1.807, 2.05) is 0 Å². The molecule has 4 heteroatoms. The molecule has 0 N–H and O–H groups in total. The molecule has 2 aromatic carbocycles. The first-order chi connectivity index (χ1) is 8.93. The van der Waals surface area contributed by atoms with E-state index in [0.717, 1.165) is 0 Å². The van der Waals surface area contributed by atoms with E-state index in [2.05, 4.69) is 36.4 Å². The molecule has 24 heavy (non-hydrogen) atoms. The van der Waals surface area contributed by atoms with Gasteiger partial charge in [-0.25, -0.2) is 12.1 Å². The molecule has 0 spiro atoms. The number of hydrogen-bond donors (Lipinski definition) is 0. The van der Waals surface area contributed by atoms with E-state index < -0.39 is 0 Å². The zero-order chi connectivity index (χ0) is 12.2. The van der Waals surface area contributed by atoms with Crippen molar-refractivity contribution in [1.29, 1.82) is 0 Å². The van der Waals surface area contributed by atoms with Crippen LogP contribution >= 0.6 is 24.8 Å².